The summed E-state index contributed by atoms with van der Waals surface area (Å²) < 4.78 is 0. The highest BCUT2D eigenvalue weighted by Crippen LogP contribution is 2.36. The minimum absolute atomic E-state index is 0.667. The highest BCUT2D eigenvalue weighted by Gasteiger charge is 2.23. The van der Waals surface area contributed by atoms with E-state index in [2.05, 4.69) is 36.2 Å². The lowest BCUT2D eigenvalue weighted by molar-refractivity contribution is 0.300. The van der Waals surface area contributed by atoms with Crippen molar-refractivity contribution >= 4 is 0 Å². The van der Waals surface area contributed by atoms with Crippen molar-refractivity contribution in [1.29, 1.82) is 0 Å². The van der Waals surface area contributed by atoms with Crippen LogP contribution in [0.25, 0.3) is 0 Å². The van der Waals surface area contributed by atoms with E-state index in [1.807, 2.05) is 0 Å². The molecule has 1 aromatic rings. The molecule has 0 aliphatic heterocycles. The molecule has 0 N–H and O–H groups in total. The largest absolute Gasteiger partial charge is 0.155 e. The van der Waals surface area contributed by atoms with Gasteiger partial charge in [-0.3, -0.25) is 0 Å². The average Bonchev–Trinajstić information content (AvgIpc) is 2.54. The molecular formula is C19H32N2. The smallest absolute Gasteiger partial charge is 0.0662 e. The Labute approximate surface area is 130 Å². The molecule has 1 aliphatic rings. The van der Waals surface area contributed by atoms with Crippen molar-refractivity contribution in [2.45, 2.75) is 90.4 Å². The number of unbranched alkanes of at least 4 members (excludes halogenated alkanes) is 3. The minimum atomic E-state index is 0.667. The molecule has 0 bridgehead atoms. The normalized spacial score (nSPS) is 22.4. The van der Waals surface area contributed by atoms with Gasteiger partial charge in [0.25, 0.3) is 0 Å². The zero-order valence-electron chi connectivity index (χ0n) is 14.0. The van der Waals surface area contributed by atoms with Gasteiger partial charge < -0.3 is 0 Å². The van der Waals surface area contributed by atoms with E-state index in [-0.39, 0.29) is 0 Å². The molecule has 2 heteroatoms. The number of aromatic nitrogens is 2. The Hall–Kier alpha value is -0.920. The molecule has 1 aliphatic carbocycles. The van der Waals surface area contributed by atoms with Crippen LogP contribution in [0.15, 0.2) is 12.1 Å². The number of hydrogen-bond acceptors (Lipinski definition) is 2. The number of aryl methyl sites for hydroxylation is 1. The molecule has 2 nitrogen and oxygen atoms in total. The third kappa shape index (κ3) is 5.41. The molecule has 21 heavy (non-hydrogen) atoms. The van der Waals surface area contributed by atoms with E-state index >= 15 is 0 Å². The van der Waals surface area contributed by atoms with E-state index in [4.69, 9.17) is 0 Å². The Balaban J connectivity index is 1.78. The van der Waals surface area contributed by atoms with Crippen LogP contribution in [0.2, 0.25) is 0 Å². The van der Waals surface area contributed by atoms with Gasteiger partial charge in [-0.25, -0.2) is 0 Å². The summed E-state index contributed by atoms with van der Waals surface area (Å²) in [4.78, 5) is 0. The SMILES string of the molecule is CCCCCc1ccc([C@H]2CC[C@H](CCCC)CC2)nn1. The van der Waals surface area contributed by atoms with E-state index < -0.39 is 0 Å². The van der Waals surface area contributed by atoms with Gasteiger partial charge in [0, 0.05) is 5.92 Å². The lowest BCUT2D eigenvalue weighted by Gasteiger charge is -2.27. The van der Waals surface area contributed by atoms with Crippen molar-refractivity contribution in [2.75, 3.05) is 0 Å². The van der Waals surface area contributed by atoms with Crippen molar-refractivity contribution < 1.29 is 0 Å². The van der Waals surface area contributed by atoms with Crippen LogP contribution in [0, 0.1) is 5.92 Å². The zero-order chi connectivity index (χ0) is 14.9. The van der Waals surface area contributed by atoms with Gasteiger partial charge in [-0.2, -0.15) is 10.2 Å². The number of hydrogen-bond donors (Lipinski definition) is 0. The molecular weight excluding hydrogens is 256 g/mol. The van der Waals surface area contributed by atoms with Crippen LogP contribution in [-0.2, 0) is 6.42 Å². The third-order valence-corrected chi connectivity index (χ3v) is 5.01. The van der Waals surface area contributed by atoms with Crippen LogP contribution in [0.1, 0.15) is 95.4 Å². The fourth-order valence-electron chi connectivity index (χ4n) is 3.52. The van der Waals surface area contributed by atoms with Crippen molar-refractivity contribution in [2.24, 2.45) is 5.92 Å². The molecule has 0 atom stereocenters. The number of rotatable bonds is 8. The summed E-state index contributed by atoms with van der Waals surface area (Å²) in [6.07, 6.45) is 14.5. The average molecular weight is 288 g/mol. The maximum absolute atomic E-state index is 4.52. The molecule has 0 radical (unpaired) electrons. The van der Waals surface area contributed by atoms with Crippen LogP contribution in [0.3, 0.4) is 0 Å². The summed E-state index contributed by atoms with van der Waals surface area (Å²) in [6, 6.07) is 4.45. The fraction of sp³-hybridized carbons (Fsp3) is 0.789. The first-order chi connectivity index (χ1) is 10.3. The van der Waals surface area contributed by atoms with Crippen molar-refractivity contribution in [3.8, 4) is 0 Å². The summed E-state index contributed by atoms with van der Waals surface area (Å²) >= 11 is 0. The standard InChI is InChI=1S/C19H32N2/c1-3-5-7-9-18-14-15-19(21-20-18)17-12-10-16(11-13-17)8-6-4-2/h14-17H,3-13H2,1-2H3/t16-,17-. The third-order valence-electron chi connectivity index (χ3n) is 5.01. The van der Waals surface area contributed by atoms with E-state index in [0.717, 1.165) is 12.3 Å². The Morgan fingerprint density at radius 1 is 0.905 bits per heavy atom. The molecule has 1 saturated carbocycles. The van der Waals surface area contributed by atoms with Crippen molar-refractivity contribution in [3.05, 3.63) is 23.5 Å². The predicted octanol–water partition coefficient (Wildman–Crippen LogP) is 5.67. The van der Waals surface area contributed by atoms with Gasteiger partial charge in [0.1, 0.15) is 0 Å². The molecule has 0 aromatic carbocycles. The summed E-state index contributed by atoms with van der Waals surface area (Å²) in [5.74, 6) is 1.64. The molecule has 1 aromatic heterocycles. The van der Waals surface area contributed by atoms with E-state index in [1.165, 1.54) is 75.6 Å². The van der Waals surface area contributed by atoms with Crippen LogP contribution in [0.5, 0.6) is 0 Å². The van der Waals surface area contributed by atoms with Gasteiger partial charge in [0.2, 0.25) is 0 Å². The van der Waals surface area contributed by atoms with Crippen LogP contribution in [0.4, 0.5) is 0 Å². The predicted molar refractivity (Wildman–Crippen MR) is 89.5 cm³/mol. The van der Waals surface area contributed by atoms with Crippen molar-refractivity contribution in [3.63, 3.8) is 0 Å². The lowest BCUT2D eigenvalue weighted by atomic mass is 9.78. The van der Waals surface area contributed by atoms with E-state index in [0.29, 0.717) is 5.92 Å². The van der Waals surface area contributed by atoms with Gasteiger partial charge in [0.15, 0.2) is 0 Å². The first-order valence-electron chi connectivity index (χ1n) is 9.16. The second-order valence-electron chi connectivity index (χ2n) is 6.77. The van der Waals surface area contributed by atoms with Gasteiger partial charge in [-0.15, -0.1) is 0 Å². The molecule has 0 unspecified atom stereocenters. The molecule has 1 heterocycles. The van der Waals surface area contributed by atoms with E-state index in [1.54, 1.807) is 0 Å². The molecule has 2 rings (SSSR count). The first kappa shape index (κ1) is 16.5. The van der Waals surface area contributed by atoms with Crippen LogP contribution < -0.4 is 0 Å². The monoisotopic (exact) mass is 288 g/mol. The molecule has 1 fully saturated rings. The lowest BCUT2D eigenvalue weighted by Crippen LogP contribution is -2.15. The zero-order valence-corrected chi connectivity index (χ0v) is 14.0. The molecule has 118 valence electrons. The van der Waals surface area contributed by atoms with Crippen LogP contribution >= 0.6 is 0 Å². The van der Waals surface area contributed by atoms with Gasteiger partial charge in [-0.1, -0.05) is 46.0 Å². The first-order valence-corrected chi connectivity index (χ1v) is 9.16. The molecule has 0 saturated heterocycles. The second-order valence-corrected chi connectivity index (χ2v) is 6.77. The van der Waals surface area contributed by atoms with Crippen LogP contribution in [-0.4, -0.2) is 10.2 Å². The topological polar surface area (TPSA) is 25.8 Å². The van der Waals surface area contributed by atoms with Gasteiger partial charge in [-0.05, 0) is 56.6 Å². The maximum atomic E-state index is 4.52. The van der Waals surface area contributed by atoms with Gasteiger partial charge in [0.05, 0.1) is 11.4 Å². The highest BCUT2D eigenvalue weighted by molar-refractivity contribution is 5.12. The summed E-state index contributed by atoms with van der Waals surface area (Å²) in [5.41, 5.74) is 2.41. The van der Waals surface area contributed by atoms with Gasteiger partial charge >= 0.3 is 0 Å². The summed E-state index contributed by atoms with van der Waals surface area (Å²) in [6.45, 7) is 4.54. The van der Waals surface area contributed by atoms with E-state index in [9.17, 15) is 0 Å². The van der Waals surface area contributed by atoms with Crippen molar-refractivity contribution in [1.82, 2.24) is 10.2 Å². The highest BCUT2D eigenvalue weighted by atomic mass is 15.1. The number of nitrogens with zero attached hydrogens (tertiary/aromatic N) is 2. The minimum Gasteiger partial charge on any atom is -0.155 e. The fourth-order valence-corrected chi connectivity index (χ4v) is 3.52. The second kappa shape index (κ2) is 9.17. The Kier molecular flexibility index (Phi) is 7.18. The Morgan fingerprint density at radius 2 is 1.67 bits per heavy atom. The maximum Gasteiger partial charge on any atom is 0.0662 e. The summed E-state index contributed by atoms with van der Waals surface area (Å²) in [7, 11) is 0. The molecule has 0 amide bonds. The Bertz CT molecular complexity index is 377. The quantitative estimate of drug-likeness (QED) is 0.576. The summed E-state index contributed by atoms with van der Waals surface area (Å²) in [5, 5.41) is 8.96. The Morgan fingerprint density at radius 3 is 2.29 bits per heavy atom. The molecule has 0 spiro atoms.